The highest BCUT2D eigenvalue weighted by Crippen LogP contribution is 2.18. The summed E-state index contributed by atoms with van der Waals surface area (Å²) in [7, 11) is 1.51. The molecule has 2 amide bonds. The Morgan fingerprint density at radius 3 is 2.43 bits per heavy atom. The van der Waals surface area contributed by atoms with Crippen molar-refractivity contribution in [3.8, 4) is 5.75 Å². The summed E-state index contributed by atoms with van der Waals surface area (Å²) < 4.78 is 40.6. The van der Waals surface area contributed by atoms with Crippen molar-refractivity contribution >= 4 is 6.03 Å². The third kappa shape index (κ3) is 6.84. The fourth-order valence-electron chi connectivity index (χ4n) is 1.51. The van der Waals surface area contributed by atoms with E-state index in [2.05, 4.69) is 10.6 Å². The van der Waals surface area contributed by atoms with E-state index in [0.29, 0.717) is 11.3 Å². The summed E-state index contributed by atoms with van der Waals surface area (Å²) in [5.74, 6) is 0.629. The number of carbonyl (C=O) groups excluding carboxylic acids is 1. The van der Waals surface area contributed by atoms with Gasteiger partial charge in [-0.15, -0.1) is 0 Å². The topological polar surface area (TPSA) is 70.6 Å². The first-order chi connectivity index (χ1) is 9.81. The lowest BCUT2D eigenvalue weighted by Gasteiger charge is -2.13. The number of urea groups is 1. The summed E-state index contributed by atoms with van der Waals surface area (Å²) in [4.78, 5) is 11.2. The van der Waals surface area contributed by atoms with E-state index in [1.807, 2.05) is 0 Å². The minimum absolute atomic E-state index is 0.107. The Labute approximate surface area is 120 Å². The maximum Gasteiger partial charge on any atom is 0.390 e. The van der Waals surface area contributed by atoms with E-state index in [1.165, 1.54) is 7.11 Å². The van der Waals surface area contributed by atoms with Crippen molar-refractivity contribution < 1.29 is 27.8 Å². The highest BCUT2D eigenvalue weighted by molar-refractivity contribution is 5.73. The van der Waals surface area contributed by atoms with Crippen LogP contribution in [0.25, 0.3) is 0 Å². The van der Waals surface area contributed by atoms with Crippen LogP contribution >= 0.6 is 0 Å². The van der Waals surface area contributed by atoms with Gasteiger partial charge >= 0.3 is 12.2 Å². The van der Waals surface area contributed by atoms with Gasteiger partial charge in [-0.05, 0) is 17.7 Å². The molecule has 0 aliphatic rings. The second-order valence-electron chi connectivity index (χ2n) is 4.29. The molecule has 0 spiro atoms. The van der Waals surface area contributed by atoms with Gasteiger partial charge in [0.2, 0.25) is 0 Å². The lowest BCUT2D eigenvalue weighted by molar-refractivity contribution is -0.132. The first-order valence-electron chi connectivity index (χ1n) is 6.22. The summed E-state index contributed by atoms with van der Waals surface area (Å²) in [5.41, 5.74) is 0.561. The number of rotatable bonds is 6. The number of halogens is 3. The van der Waals surface area contributed by atoms with Gasteiger partial charge in [-0.3, -0.25) is 0 Å². The molecule has 0 saturated carbocycles. The standard InChI is InChI=1S/C13H17F3N2O3/c1-21-10-4-2-9(3-5-10)11(19)8-18-12(20)17-7-6-13(14,15)16/h2-5,11,19H,6-8H2,1H3,(H2,17,18,20). The number of aliphatic hydroxyl groups is 1. The third-order valence-electron chi connectivity index (χ3n) is 2.65. The fraction of sp³-hybridized carbons (Fsp3) is 0.462. The zero-order valence-corrected chi connectivity index (χ0v) is 11.4. The molecule has 118 valence electrons. The molecule has 1 rings (SSSR count). The Balaban J connectivity index is 2.31. The van der Waals surface area contributed by atoms with Gasteiger partial charge in [-0.2, -0.15) is 13.2 Å². The van der Waals surface area contributed by atoms with Gasteiger partial charge in [0.15, 0.2) is 0 Å². The molecule has 0 saturated heterocycles. The normalized spacial score (nSPS) is 12.6. The highest BCUT2D eigenvalue weighted by Gasteiger charge is 2.26. The number of benzene rings is 1. The SMILES string of the molecule is COc1ccc(C(O)CNC(=O)NCCC(F)(F)F)cc1. The van der Waals surface area contributed by atoms with Crippen LogP contribution in [0.3, 0.4) is 0 Å². The molecule has 0 aliphatic carbocycles. The molecule has 5 nitrogen and oxygen atoms in total. The average molecular weight is 306 g/mol. The second-order valence-corrected chi connectivity index (χ2v) is 4.29. The molecule has 0 aromatic heterocycles. The first kappa shape index (κ1) is 17.1. The van der Waals surface area contributed by atoms with Gasteiger partial charge in [-0.1, -0.05) is 12.1 Å². The Bertz CT molecular complexity index is 449. The maximum atomic E-state index is 11.9. The van der Waals surface area contributed by atoms with E-state index in [-0.39, 0.29) is 6.54 Å². The maximum absolute atomic E-state index is 11.9. The quantitative estimate of drug-likeness (QED) is 0.752. The van der Waals surface area contributed by atoms with E-state index < -0.39 is 31.3 Å². The predicted octanol–water partition coefficient (Wildman–Crippen LogP) is 1.98. The van der Waals surface area contributed by atoms with E-state index in [1.54, 1.807) is 24.3 Å². The largest absolute Gasteiger partial charge is 0.497 e. The summed E-state index contributed by atoms with van der Waals surface area (Å²) >= 11 is 0. The molecule has 0 fully saturated rings. The van der Waals surface area contributed by atoms with Crippen molar-refractivity contribution in [3.63, 3.8) is 0 Å². The number of hydrogen-bond acceptors (Lipinski definition) is 3. The van der Waals surface area contributed by atoms with Crippen molar-refractivity contribution in [1.29, 1.82) is 0 Å². The lowest BCUT2D eigenvalue weighted by atomic mass is 10.1. The number of ether oxygens (including phenoxy) is 1. The molecule has 0 heterocycles. The van der Waals surface area contributed by atoms with Gasteiger partial charge < -0.3 is 20.5 Å². The zero-order valence-electron chi connectivity index (χ0n) is 11.4. The Morgan fingerprint density at radius 1 is 1.29 bits per heavy atom. The molecule has 0 bridgehead atoms. The van der Waals surface area contributed by atoms with Crippen molar-refractivity contribution in [2.45, 2.75) is 18.7 Å². The van der Waals surface area contributed by atoms with Crippen LogP contribution in [0.15, 0.2) is 24.3 Å². The number of hydrogen-bond donors (Lipinski definition) is 3. The third-order valence-corrected chi connectivity index (χ3v) is 2.65. The van der Waals surface area contributed by atoms with Crippen molar-refractivity contribution in [3.05, 3.63) is 29.8 Å². The van der Waals surface area contributed by atoms with Crippen LogP contribution in [-0.2, 0) is 0 Å². The molecule has 0 radical (unpaired) electrons. The number of carbonyl (C=O) groups is 1. The Kier molecular flexibility index (Phi) is 6.29. The number of nitrogens with one attached hydrogen (secondary N) is 2. The van der Waals surface area contributed by atoms with Gasteiger partial charge in [-0.25, -0.2) is 4.79 Å². The number of methoxy groups -OCH3 is 1. The monoisotopic (exact) mass is 306 g/mol. The van der Waals surface area contributed by atoms with Gasteiger partial charge in [0.05, 0.1) is 19.6 Å². The molecule has 0 aliphatic heterocycles. The minimum Gasteiger partial charge on any atom is -0.497 e. The van der Waals surface area contributed by atoms with Crippen LogP contribution in [0.1, 0.15) is 18.1 Å². The van der Waals surface area contributed by atoms with Crippen LogP contribution in [0.5, 0.6) is 5.75 Å². The van der Waals surface area contributed by atoms with E-state index in [9.17, 15) is 23.1 Å². The van der Waals surface area contributed by atoms with Crippen LogP contribution in [0, 0.1) is 0 Å². The second kappa shape index (κ2) is 7.72. The molecular formula is C13H17F3N2O3. The molecular weight excluding hydrogens is 289 g/mol. The predicted molar refractivity (Wildman–Crippen MR) is 70.0 cm³/mol. The van der Waals surface area contributed by atoms with E-state index in [0.717, 1.165) is 0 Å². The zero-order chi connectivity index (χ0) is 15.9. The first-order valence-corrected chi connectivity index (χ1v) is 6.22. The number of aliphatic hydroxyl groups excluding tert-OH is 1. The molecule has 1 atom stereocenters. The van der Waals surface area contributed by atoms with Crippen LogP contribution < -0.4 is 15.4 Å². The smallest absolute Gasteiger partial charge is 0.390 e. The summed E-state index contributed by atoms with van der Waals surface area (Å²) in [5, 5.41) is 14.2. The number of amides is 2. The lowest BCUT2D eigenvalue weighted by Crippen LogP contribution is -2.39. The molecule has 1 unspecified atom stereocenters. The molecule has 21 heavy (non-hydrogen) atoms. The van der Waals surface area contributed by atoms with Crippen LogP contribution in [0.4, 0.5) is 18.0 Å². The molecule has 1 aromatic carbocycles. The van der Waals surface area contributed by atoms with Gasteiger partial charge in [0.25, 0.3) is 0 Å². The minimum atomic E-state index is -4.31. The Hall–Kier alpha value is -1.96. The van der Waals surface area contributed by atoms with Crippen molar-refractivity contribution in [2.24, 2.45) is 0 Å². The molecule has 8 heteroatoms. The summed E-state index contributed by atoms with van der Waals surface area (Å²) in [6, 6.07) is 5.82. The summed E-state index contributed by atoms with van der Waals surface area (Å²) in [6.45, 7) is -0.613. The van der Waals surface area contributed by atoms with E-state index in [4.69, 9.17) is 4.74 Å². The van der Waals surface area contributed by atoms with Crippen molar-refractivity contribution in [2.75, 3.05) is 20.2 Å². The van der Waals surface area contributed by atoms with E-state index >= 15 is 0 Å². The molecule has 3 N–H and O–H groups in total. The van der Waals surface area contributed by atoms with Crippen LogP contribution in [-0.4, -0.2) is 37.5 Å². The summed E-state index contributed by atoms with van der Waals surface area (Å²) in [6.07, 6.45) is -6.36. The Morgan fingerprint density at radius 2 is 1.90 bits per heavy atom. The average Bonchev–Trinajstić information content (AvgIpc) is 2.43. The number of alkyl halides is 3. The van der Waals surface area contributed by atoms with Crippen LogP contribution in [0.2, 0.25) is 0 Å². The van der Waals surface area contributed by atoms with Gasteiger partial charge in [0.1, 0.15) is 5.75 Å². The fourth-order valence-corrected chi connectivity index (χ4v) is 1.51. The molecule has 1 aromatic rings. The highest BCUT2D eigenvalue weighted by atomic mass is 19.4. The van der Waals surface area contributed by atoms with Gasteiger partial charge in [0, 0.05) is 13.1 Å². The van der Waals surface area contributed by atoms with Crippen molar-refractivity contribution in [1.82, 2.24) is 10.6 Å².